The van der Waals surface area contributed by atoms with Gasteiger partial charge in [0, 0.05) is 6.07 Å². The first-order chi connectivity index (χ1) is 14.3. The summed E-state index contributed by atoms with van der Waals surface area (Å²) in [6.07, 6.45) is 2.69. The number of ether oxygens (including phenoxy) is 1. The second-order valence-corrected chi connectivity index (χ2v) is 6.01. The van der Waals surface area contributed by atoms with Gasteiger partial charge in [0.25, 0.3) is 5.69 Å². The molecular formula is C19H14N4O7. The van der Waals surface area contributed by atoms with Crippen molar-refractivity contribution in [1.29, 1.82) is 0 Å². The Hall–Kier alpha value is -4.54. The number of nitrogens with one attached hydrogen (secondary N) is 2. The number of nitro benzene ring substituents is 1. The molecule has 1 aromatic heterocycles. The fourth-order valence-electron chi connectivity index (χ4n) is 2.66. The summed E-state index contributed by atoms with van der Waals surface area (Å²) in [5, 5.41) is 22.2. The Morgan fingerprint density at radius 2 is 1.70 bits per heavy atom. The average molecular weight is 410 g/mol. The highest BCUT2D eigenvalue weighted by atomic mass is 16.6. The maximum Gasteiger partial charge on any atom is 0.357 e. The van der Waals surface area contributed by atoms with Gasteiger partial charge in [0.15, 0.2) is 0 Å². The van der Waals surface area contributed by atoms with E-state index in [0.717, 1.165) is 0 Å². The van der Waals surface area contributed by atoms with Crippen LogP contribution in [0.3, 0.4) is 0 Å². The van der Waals surface area contributed by atoms with Crippen molar-refractivity contribution in [1.82, 2.24) is 9.97 Å². The van der Waals surface area contributed by atoms with Crippen molar-refractivity contribution >= 4 is 23.5 Å². The molecule has 2 aromatic carbocycles. The smallest absolute Gasteiger partial charge is 0.357 e. The van der Waals surface area contributed by atoms with Gasteiger partial charge >= 0.3 is 16.9 Å². The zero-order chi connectivity index (χ0) is 21.7. The number of benzene rings is 2. The minimum Gasteiger partial charge on any atom is -0.489 e. The highest BCUT2D eigenvalue weighted by Crippen LogP contribution is 2.22. The third-order valence-corrected chi connectivity index (χ3v) is 4.01. The van der Waals surface area contributed by atoms with Gasteiger partial charge in [-0.25, -0.2) is 4.79 Å². The number of para-hydroxylation sites is 1. The van der Waals surface area contributed by atoms with Crippen molar-refractivity contribution in [3.05, 3.63) is 106 Å². The molecule has 11 heteroatoms. The lowest BCUT2D eigenvalue weighted by atomic mass is 10.1. The molecule has 11 nitrogen and oxygen atoms in total. The predicted molar refractivity (Wildman–Crippen MR) is 107 cm³/mol. The summed E-state index contributed by atoms with van der Waals surface area (Å²) in [6, 6.07) is 12.8. The van der Waals surface area contributed by atoms with E-state index in [1.165, 1.54) is 18.2 Å². The number of aromatic nitrogens is 2. The minimum atomic E-state index is -1.11. The number of H-pyrrole nitrogens is 2. The van der Waals surface area contributed by atoms with Gasteiger partial charge in [-0.15, -0.1) is 0 Å². The zero-order valence-electron chi connectivity index (χ0n) is 15.2. The Morgan fingerprint density at radius 3 is 2.43 bits per heavy atom. The second kappa shape index (κ2) is 8.65. The monoisotopic (exact) mass is 410 g/mol. The maximum absolute atomic E-state index is 11.6. The molecule has 0 unspecified atom stereocenters. The molecule has 2 N–H and O–H groups in total. The number of hydrogen-bond donors (Lipinski definition) is 2. The van der Waals surface area contributed by atoms with E-state index in [4.69, 9.17) is 4.74 Å². The van der Waals surface area contributed by atoms with E-state index in [1.807, 2.05) is 0 Å². The molecule has 152 valence electrons. The first-order valence-electron chi connectivity index (χ1n) is 8.49. The van der Waals surface area contributed by atoms with Gasteiger partial charge < -0.3 is 9.72 Å². The number of hydrogen-bond acceptors (Lipinski definition) is 7. The van der Waals surface area contributed by atoms with Crippen LogP contribution in [0.5, 0.6) is 5.75 Å². The summed E-state index contributed by atoms with van der Waals surface area (Å²) in [5.74, 6) is 0.407. The molecule has 0 amide bonds. The molecule has 0 radical (unpaired) electrons. The molecule has 0 aliphatic carbocycles. The van der Waals surface area contributed by atoms with Crippen molar-refractivity contribution < 1.29 is 14.6 Å². The SMILES string of the molecule is O=c1[nH]c(C=Cc2cccc(OCc3ccccc3[N+](=O)[O-])c2)c([N+](=O)[O-])c(=O)[nH]1. The Balaban J connectivity index is 1.82. The lowest BCUT2D eigenvalue weighted by Crippen LogP contribution is -2.25. The molecule has 0 aliphatic heterocycles. The topological polar surface area (TPSA) is 161 Å². The summed E-state index contributed by atoms with van der Waals surface area (Å²) in [4.78, 5) is 47.8. The molecule has 0 fully saturated rings. The van der Waals surface area contributed by atoms with E-state index in [1.54, 1.807) is 47.4 Å². The Bertz CT molecular complexity index is 1260. The largest absolute Gasteiger partial charge is 0.489 e. The van der Waals surface area contributed by atoms with Crippen LogP contribution in [0.25, 0.3) is 12.2 Å². The molecule has 0 saturated heterocycles. The molecule has 0 bridgehead atoms. The Kier molecular flexibility index (Phi) is 5.82. The third-order valence-electron chi connectivity index (χ3n) is 4.01. The Morgan fingerprint density at radius 1 is 0.933 bits per heavy atom. The molecule has 3 rings (SSSR count). The van der Waals surface area contributed by atoms with Gasteiger partial charge in [0.2, 0.25) is 0 Å². The fourth-order valence-corrected chi connectivity index (χ4v) is 2.66. The number of aromatic amines is 2. The molecule has 30 heavy (non-hydrogen) atoms. The van der Waals surface area contributed by atoms with Gasteiger partial charge in [0.1, 0.15) is 18.1 Å². The summed E-state index contributed by atoms with van der Waals surface area (Å²) in [6.45, 7) is -0.0306. The molecule has 0 atom stereocenters. The van der Waals surface area contributed by atoms with Crippen LogP contribution in [0.15, 0.2) is 58.1 Å². The molecule has 0 aliphatic rings. The average Bonchev–Trinajstić information content (AvgIpc) is 2.70. The van der Waals surface area contributed by atoms with E-state index in [0.29, 0.717) is 16.9 Å². The summed E-state index contributed by atoms with van der Waals surface area (Å²) < 4.78 is 5.62. The first-order valence-corrected chi connectivity index (χ1v) is 8.49. The lowest BCUT2D eigenvalue weighted by Gasteiger charge is -2.07. The minimum absolute atomic E-state index is 0.0306. The van der Waals surface area contributed by atoms with Crippen LogP contribution in [-0.4, -0.2) is 19.8 Å². The van der Waals surface area contributed by atoms with Crippen LogP contribution >= 0.6 is 0 Å². The first kappa shape index (κ1) is 20.2. The van der Waals surface area contributed by atoms with Crippen LogP contribution in [0.4, 0.5) is 11.4 Å². The molecule has 3 aromatic rings. The van der Waals surface area contributed by atoms with Crippen molar-refractivity contribution in [2.24, 2.45) is 0 Å². The fraction of sp³-hybridized carbons (Fsp3) is 0.0526. The summed E-state index contributed by atoms with van der Waals surface area (Å²) >= 11 is 0. The Labute approximate surface area is 167 Å². The zero-order valence-corrected chi connectivity index (χ0v) is 15.2. The highest BCUT2D eigenvalue weighted by Gasteiger charge is 2.18. The van der Waals surface area contributed by atoms with Gasteiger partial charge in [-0.05, 0) is 29.8 Å². The highest BCUT2D eigenvalue weighted by molar-refractivity contribution is 5.72. The van der Waals surface area contributed by atoms with E-state index in [-0.39, 0.29) is 18.0 Å². The van der Waals surface area contributed by atoms with Crippen molar-refractivity contribution in [3.63, 3.8) is 0 Å². The van der Waals surface area contributed by atoms with E-state index >= 15 is 0 Å². The number of rotatable bonds is 7. The second-order valence-electron chi connectivity index (χ2n) is 6.01. The molecule has 0 saturated carbocycles. The van der Waals surface area contributed by atoms with Crippen LogP contribution in [0, 0.1) is 20.2 Å². The lowest BCUT2D eigenvalue weighted by molar-refractivity contribution is -0.386. The normalized spacial score (nSPS) is 10.8. The summed E-state index contributed by atoms with van der Waals surface area (Å²) in [7, 11) is 0. The van der Waals surface area contributed by atoms with E-state index in [2.05, 4.69) is 4.98 Å². The van der Waals surface area contributed by atoms with Gasteiger partial charge in [0.05, 0.1) is 15.4 Å². The quantitative estimate of drug-likeness (QED) is 0.447. The van der Waals surface area contributed by atoms with Crippen molar-refractivity contribution in [2.75, 3.05) is 0 Å². The third kappa shape index (κ3) is 4.65. The predicted octanol–water partition coefficient (Wildman–Crippen LogP) is 2.63. The van der Waals surface area contributed by atoms with Crippen LogP contribution in [0.1, 0.15) is 16.8 Å². The van der Waals surface area contributed by atoms with Crippen LogP contribution in [0.2, 0.25) is 0 Å². The van der Waals surface area contributed by atoms with Gasteiger partial charge in [-0.1, -0.05) is 30.3 Å². The van der Waals surface area contributed by atoms with Crippen molar-refractivity contribution in [3.8, 4) is 5.75 Å². The summed E-state index contributed by atoms with van der Waals surface area (Å²) in [5.41, 5.74) is -2.10. The van der Waals surface area contributed by atoms with E-state index in [9.17, 15) is 29.8 Å². The molecular weight excluding hydrogens is 396 g/mol. The number of nitrogens with zero attached hydrogens (tertiary/aromatic N) is 2. The number of nitro groups is 2. The molecule has 1 heterocycles. The van der Waals surface area contributed by atoms with Crippen LogP contribution < -0.4 is 16.0 Å². The van der Waals surface area contributed by atoms with Gasteiger partial charge in [-0.2, -0.15) is 0 Å². The van der Waals surface area contributed by atoms with E-state index < -0.39 is 26.8 Å². The van der Waals surface area contributed by atoms with Crippen LogP contribution in [-0.2, 0) is 6.61 Å². The standard InChI is InChI=1S/C19H14N4O7/c24-18-17(23(28)29)15(20-19(25)21-18)9-8-12-4-3-6-14(10-12)30-11-13-5-1-2-7-16(13)22(26)27/h1-10H,11H2,(H2,20,21,24,25). The van der Waals surface area contributed by atoms with Crippen molar-refractivity contribution in [2.45, 2.75) is 6.61 Å². The molecule has 0 spiro atoms. The van der Waals surface area contributed by atoms with Gasteiger partial charge in [-0.3, -0.25) is 30.0 Å². The maximum atomic E-state index is 11.6.